The van der Waals surface area contributed by atoms with Gasteiger partial charge in [0.1, 0.15) is 5.75 Å². The van der Waals surface area contributed by atoms with Gasteiger partial charge in [-0.15, -0.1) is 0 Å². The number of hydrogen-bond acceptors (Lipinski definition) is 3. The Labute approximate surface area is 112 Å². The summed E-state index contributed by atoms with van der Waals surface area (Å²) in [5.41, 5.74) is 1.48. The van der Waals surface area contributed by atoms with Gasteiger partial charge >= 0.3 is 0 Å². The number of methoxy groups -OCH3 is 1. The molecule has 0 radical (unpaired) electrons. The predicted molar refractivity (Wildman–Crippen MR) is 72.7 cm³/mol. The molecule has 1 aliphatic rings. The minimum absolute atomic E-state index is 0.0807. The van der Waals surface area contributed by atoms with E-state index in [1.54, 1.807) is 13.2 Å². The lowest BCUT2D eigenvalue weighted by molar-refractivity contribution is 0.0924. The van der Waals surface area contributed by atoms with Gasteiger partial charge in [-0.3, -0.25) is 4.79 Å². The highest BCUT2D eigenvalue weighted by Crippen LogP contribution is 2.29. The van der Waals surface area contributed by atoms with Gasteiger partial charge in [0, 0.05) is 5.02 Å². The van der Waals surface area contributed by atoms with Crippen LogP contribution in [0.2, 0.25) is 5.02 Å². The van der Waals surface area contributed by atoms with Crippen molar-refractivity contribution in [2.45, 2.75) is 32.2 Å². The summed E-state index contributed by atoms with van der Waals surface area (Å²) in [6, 6.07) is 3.41. The van der Waals surface area contributed by atoms with Crippen LogP contribution in [0.15, 0.2) is 12.1 Å². The number of rotatable bonds is 3. The molecule has 0 bridgehead atoms. The van der Waals surface area contributed by atoms with Crippen LogP contribution in [0.3, 0.4) is 0 Å². The number of ketones is 1. The molecule has 1 aromatic rings. The number of aryl methyl sites for hydroxylation is 1. The topological polar surface area (TPSA) is 38.3 Å². The lowest BCUT2D eigenvalue weighted by atomic mass is 9.95. The Kier molecular flexibility index (Phi) is 4.25. The third kappa shape index (κ3) is 2.68. The maximum absolute atomic E-state index is 12.5. The van der Waals surface area contributed by atoms with E-state index >= 15 is 0 Å². The number of hydrogen-bond donors (Lipinski definition) is 1. The van der Waals surface area contributed by atoms with E-state index in [4.69, 9.17) is 16.3 Å². The summed E-state index contributed by atoms with van der Waals surface area (Å²) >= 11 is 6.03. The standard InChI is InChI=1S/C14H18ClNO2/c1-9-7-10(15)8-11(14(9)18-2)13(17)12-5-3-4-6-16-12/h7-8,12,16H,3-6H2,1-2H3. The molecular formula is C14H18ClNO2. The van der Waals surface area contributed by atoms with Gasteiger partial charge in [0.2, 0.25) is 0 Å². The third-order valence-electron chi connectivity index (χ3n) is 3.34. The van der Waals surface area contributed by atoms with Gasteiger partial charge in [-0.05, 0) is 44.0 Å². The molecule has 18 heavy (non-hydrogen) atoms. The number of piperidine rings is 1. The van der Waals surface area contributed by atoms with Crippen molar-refractivity contribution < 1.29 is 9.53 Å². The maximum atomic E-state index is 12.5. The first kappa shape index (κ1) is 13.4. The highest BCUT2D eigenvalue weighted by molar-refractivity contribution is 6.31. The summed E-state index contributed by atoms with van der Waals surface area (Å²) in [7, 11) is 1.58. The smallest absolute Gasteiger partial charge is 0.183 e. The van der Waals surface area contributed by atoms with E-state index in [9.17, 15) is 4.79 Å². The minimum atomic E-state index is -0.106. The van der Waals surface area contributed by atoms with Gasteiger partial charge in [0.05, 0.1) is 18.7 Å². The summed E-state index contributed by atoms with van der Waals surface area (Å²) in [6.45, 7) is 2.80. The predicted octanol–water partition coefficient (Wildman–Crippen LogP) is 2.98. The molecule has 1 fully saturated rings. The minimum Gasteiger partial charge on any atom is -0.496 e. The van der Waals surface area contributed by atoms with Gasteiger partial charge in [-0.1, -0.05) is 18.0 Å². The molecule has 1 saturated heterocycles. The largest absolute Gasteiger partial charge is 0.496 e. The van der Waals surface area contributed by atoms with Gasteiger partial charge in [-0.2, -0.15) is 0 Å². The van der Waals surface area contributed by atoms with Crippen LogP contribution in [0, 0.1) is 6.92 Å². The normalized spacial score (nSPS) is 19.6. The van der Waals surface area contributed by atoms with Crippen molar-refractivity contribution in [3.8, 4) is 5.75 Å². The molecule has 0 saturated carbocycles. The number of halogens is 1. The first-order valence-electron chi connectivity index (χ1n) is 6.25. The SMILES string of the molecule is COc1c(C)cc(Cl)cc1C(=O)C1CCCCN1. The quantitative estimate of drug-likeness (QED) is 0.856. The van der Waals surface area contributed by atoms with Gasteiger partial charge in [0.15, 0.2) is 5.78 Å². The monoisotopic (exact) mass is 267 g/mol. The molecule has 2 rings (SSSR count). The van der Waals surface area contributed by atoms with Crippen LogP contribution >= 0.6 is 11.6 Å². The second-order valence-electron chi connectivity index (χ2n) is 4.67. The summed E-state index contributed by atoms with van der Waals surface area (Å²) in [5.74, 6) is 0.717. The van der Waals surface area contributed by atoms with Crippen LogP contribution in [-0.4, -0.2) is 25.5 Å². The van der Waals surface area contributed by atoms with E-state index < -0.39 is 0 Å². The maximum Gasteiger partial charge on any atom is 0.183 e. The van der Waals surface area contributed by atoms with Crippen LogP contribution in [0.25, 0.3) is 0 Å². The number of nitrogens with one attached hydrogen (secondary N) is 1. The van der Waals surface area contributed by atoms with Crippen molar-refractivity contribution in [2.24, 2.45) is 0 Å². The fourth-order valence-corrected chi connectivity index (χ4v) is 2.72. The van der Waals surface area contributed by atoms with E-state index in [1.807, 2.05) is 13.0 Å². The Morgan fingerprint density at radius 2 is 2.22 bits per heavy atom. The molecule has 98 valence electrons. The zero-order chi connectivity index (χ0) is 13.1. The van der Waals surface area contributed by atoms with Crippen molar-refractivity contribution in [3.05, 3.63) is 28.3 Å². The Balaban J connectivity index is 2.33. The second kappa shape index (κ2) is 5.72. The Hall–Kier alpha value is -1.06. The molecule has 3 nitrogen and oxygen atoms in total. The first-order valence-corrected chi connectivity index (χ1v) is 6.63. The number of carbonyl (C=O) groups excluding carboxylic acids is 1. The first-order chi connectivity index (χ1) is 8.63. The summed E-state index contributed by atoms with van der Waals surface area (Å²) in [6.07, 6.45) is 3.11. The van der Waals surface area contributed by atoms with Crippen LogP contribution < -0.4 is 10.1 Å². The molecule has 4 heteroatoms. The molecule has 1 aromatic carbocycles. The number of benzene rings is 1. The molecule has 1 aliphatic heterocycles. The Morgan fingerprint density at radius 3 is 2.83 bits per heavy atom. The molecule has 0 amide bonds. The second-order valence-corrected chi connectivity index (χ2v) is 5.11. The Bertz CT molecular complexity index is 453. The van der Waals surface area contributed by atoms with E-state index in [-0.39, 0.29) is 11.8 Å². The van der Waals surface area contributed by atoms with Crippen molar-refractivity contribution in [1.82, 2.24) is 5.32 Å². The molecule has 1 unspecified atom stereocenters. The molecule has 0 aliphatic carbocycles. The van der Waals surface area contributed by atoms with Crippen LogP contribution in [0.4, 0.5) is 0 Å². The van der Waals surface area contributed by atoms with Crippen molar-refractivity contribution in [1.29, 1.82) is 0 Å². The third-order valence-corrected chi connectivity index (χ3v) is 3.55. The van der Waals surface area contributed by atoms with Crippen LogP contribution in [0.5, 0.6) is 5.75 Å². The molecule has 1 N–H and O–H groups in total. The molecule has 1 atom stereocenters. The van der Waals surface area contributed by atoms with Gasteiger partial charge in [0.25, 0.3) is 0 Å². The van der Waals surface area contributed by atoms with Crippen molar-refractivity contribution in [2.75, 3.05) is 13.7 Å². The van der Waals surface area contributed by atoms with E-state index in [1.165, 1.54) is 0 Å². The lowest BCUT2D eigenvalue weighted by Crippen LogP contribution is -2.40. The van der Waals surface area contributed by atoms with Gasteiger partial charge < -0.3 is 10.1 Å². The summed E-state index contributed by atoms with van der Waals surface area (Å²) < 4.78 is 5.34. The average molecular weight is 268 g/mol. The van der Waals surface area contributed by atoms with Gasteiger partial charge in [-0.25, -0.2) is 0 Å². The van der Waals surface area contributed by atoms with Crippen LogP contribution in [0.1, 0.15) is 35.2 Å². The highest BCUT2D eigenvalue weighted by Gasteiger charge is 2.25. The van der Waals surface area contributed by atoms with Crippen molar-refractivity contribution >= 4 is 17.4 Å². The zero-order valence-electron chi connectivity index (χ0n) is 10.8. The number of carbonyl (C=O) groups is 1. The average Bonchev–Trinajstić information content (AvgIpc) is 2.38. The summed E-state index contributed by atoms with van der Waals surface area (Å²) in [5, 5.41) is 3.84. The summed E-state index contributed by atoms with van der Waals surface area (Å²) in [4.78, 5) is 12.5. The van der Waals surface area contributed by atoms with Crippen molar-refractivity contribution in [3.63, 3.8) is 0 Å². The molecule has 0 aromatic heterocycles. The highest BCUT2D eigenvalue weighted by atomic mass is 35.5. The Morgan fingerprint density at radius 1 is 1.44 bits per heavy atom. The zero-order valence-corrected chi connectivity index (χ0v) is 11.5. The number of Topliss-reactive ketones (excluding diaryl/α,β-unsaturated/α-hetero) is 1. The van der Waals surface area contributed by atoms with Crippen LogP contribution in [-0.2, 0) is 0 Å². The van der Waals surface area contributed by atoms with E-state index in [0.717, 1.165) is 31.4 Å². The lowest BCUT2D eigenvalue weighted by Gasteiger charge is -2.23. The van der Waals surface area contributed by atoms with E-state index in [2.05, 4.69) is 5.32 Å². The molecule has 1 heterocycles. The fourth-order valence-electron chi connectivity index (χ4n) is 2.45. The fraction of sp³-hybridized carbons (Fsp3) is 0.500. The molecule has 0 spiro atoms. The molecular weight excluding hydrogens is 250 g/mol. The van der Waals surface area contributed by atoms with E-state index in [0.29, 0.717) is 16.3 Å². The number of ether oxygens (including phenoxy) is 1.